The van der Waals surface area contributed by atoms with Crippen LogP contribution in [0.1, 0.15) is 70.7 Å². The van der Waals surface area contributed by atoms with Crippen molar-refractivity contribution in [3.63, 3.8) is 0 Å². The number of benzene rings is 4. The van der Waals surface area contributed by atoms with Gasteiger partial charge in [-0.2, -0.15) is 0 Å². The Labute approximate surface area is 283 Å². The number of nitrogens with one attached hydrogen (secondary N) is 2. The SMILES string of the molecule is O=C(CCCC(=O)NCc1ccccc1-c1ccc(C2OC(CSc3ccccc3C(=O)O)CC(c3ccc(CO)cc3)O2)cc1)NO. The number of hydrogen-bond donors (Lipinski definition) is 5. The molecule has 0 spiro atoms. The number of ether oxygens (including phenoxy) is 2. The first-order chi connectivity index (χ1) is 23.3. The summed E-state index contributed by atoms with van der Waals surface area (Å²) in [5, 5.41) is 30.7. The van der Waals surface area contributed by atoms with E-state index in [1.54, 1.807) is 23.7 Å². The number of aliphatic hydroxyl groups is 1. The Morgan fingerprint density at radius 2 is 1.50 bits per heavy atom. The average molecular weight is 671 g/mol. The summed E-state index contributed by atoms with van der Waals surface area (Å²) in [5.74, 6) is -1.15. The molecule has 2 amide bonds. The van der Waals surface area contributed by atoms with Crippen molar-refractivity contribution in [3.8, 4) is 11.1 Å². The van der Waals surface area contributed by atoms with Crippen LogP contribution in [-0.4, -0.2) is 45.1 Å². The van der Waals surface area contributed by atoms with Crippen molar-refractivity contribution in [1.82, 2.24) is 10.8 Å². The summed E-state index contributed by atoms with van der Waals surface area (Å²) in [7, 11) is 0. The Hall–Kier alpha value is -4.52. The lowest BCUT2D eigenvalue weighted by Gasteiger charge is -2.36. The normalized spacial score (nSPS) is 17.4. The van der Waals surface area contributed by atoms with Gasteiger partial charge in [-0.05, 0) is 46.4 Å². The third kappa shape index (κ3) is 9.30. The van der Waals surface area contributed by atoms with E-state index in [4.69, 9.17) is 14.7 Å². The highest BCUT2D eigenvalue weighted by Gasteiger charge is 2.32. The maximum Gasteiger partial charge on any atom is 0.336 e. The van der Waals surface area contributed by atoms with Gasteiger partial charge in [0, 0.05) is 42.0 Å². The average Bonchev–Trinajstić information content (AvgIpc) is 3.13. The highest BCUT2D eigenvalue weighted by Crippen LogP contribution is 2.40. The van der Waals surface area contributed by atoms with Crippen LogP contribution < -0.4 is 10.8 Å². The first kappa shape index (κ1) is 34.8. The quantitative estimate of drug-likeness (QED) is 0.0602. The van der Waals surface area contributed by atoms with Gasteiger partial charge in [-0.1, -0.05) is 84.9 Å². The van der Waals surface area contributed by atoms with Gasteiger partial charge in [0.15, 0.2) is 6.29 Å². The van der Waals surface area contributed by atoms with Crippen LogP contribution in [0.3, 0.4) is 0 Å². The van der Waals surface area contributed by atoms with E-state index in [0.29, 0.717) is 30.0 Å². The number of rotatable bonds is 14. The van der Waals surface area contributed by atoms with Gasteiger partial charge in [-0.15, -0.1) is 11.8 Å². The Balaban J connectivity index is 1.30. The Morgan fingerprint density at radius 1 is 0.812 bits per heavy atom. The second-order valence-electron chi connectivity index (χ2n) is 11.4. The number of carboxylic acids is 1. The molecule has 3 unspecified atom stereocenters. The van der Waals surface area contributed by atoms with E-state index in [9.17, 15) is 24.6 Å². The van der Waals surface area contributed by atoms with Crippen molar-refractivity contribution in [2.75, 3.05) is 5.75 Å². The lowest BCUT2D eigenvalue weighted by Crippen LogP contribution is -2.31. The molecule has 0 radical (unpaired) electrons. The summed E-state index contributed by atoms with van der Waals surface area (Å²) in [6.45, 7) is 0.270. The molecule has 5 rings (SSSR count). The Kier molecular flexibility index (Phi) is 12.4. The molecule has 0 saturated carbocycles. The minimum absolute atomic E-state index is 0.0485. The van der Waals surface area contributed by atoms with Crippen LogP contribution in [0.4, 0.5) is 0 Å². The van der Waals surface area contributed by atoms with E-state index in [1.807, 2.05) is 78.9 Å². The number of hydroxylamine groups is 1. The summed E-state index contributed by atoms with van der Waals surface area (Å²) in [6, 6.07) is 30.3. The van der Waals surface area contributed by atoms with Gasteiger partial charge in [-0.3, -0.25) is 14.8 Å². The van der Waals surface area contributed by atoms with Crippen LogP contribution in [0.25, 0.3) is 11.1 Å². The number of aliphatic hydroxyl groups excluding tert-OH is 1. The van der Waals surface area contributed by atoms with Gasteiger partial charge in [0.25, 0.3) is 0 Å². The number of hydrogen-bond acceptors (Lipinski definition) is 8. The molecule has 250 valence electrons. The molecule has 0 aromatic heterocycles. The van der Waals surface area contributed by atoms with Crippen molar-refractivity contribution in [2.45, 2.75) is 62.2 Å². The van der Waals surface area contributed by atoms with Gasteiger partial charge in [0.05, 0.1) is 24.4 Å². The Bertz CT molecular complexity index is 1700. The molecule has 0 bridgehead atoms. The zero-order chi connectivity index (χ0) is 33.9. The van der Waals surface area contributed by atoms with E-state index in [1.165, 1.54) is 11.8 Å². The molecule has 1 aliphatic rings. The van der Waals surface area contributed by atoms with Crippen molar-refractivity contribution < 1.29 is 39.3 Å². The number of amides is 2. The molecule has 11 heteroatoms. The molecular weight excluding hydrogens is 632 g/mol. The smallest absolute Gasteiger partial charge is 0.336 e. The minimum atomic E-state index is -0.973. The third-order valence-corrected chi connectivity index (χ3v) is 9.28. The standard InChI is InChI=1S/C37H38N2O8S/c40-22-24-12-14-26(15-13-24)32-20-29(23-48-33-9-4-3-8-31(33)36(43)44)46-37(47-32)27-18-16-25(17-19-27)30-7-2-1-6-28(30)21-38-34(41)10-5-11-35(42)39-45/h1-4,6-9,12-19,29,32,37,40,45H,5,10-11,20-23H2,(H,38,41)(H,39,42)(H,43,44). The van der Waals surface area contributed by atoms with Crippen LogP contribution in [0, 0.1) is 0 Å². The van der Waals surface area contributed by atoms with Crippen LogP contribution in [0.2, 0.25) is 0 Å². The van der Waals surface area contributed by atoms with Crippen LogP contribution in [-0.2, 0) is 32.2 Å². The third-order valence-electron chi connectivity index (χ3n) is 8.08. The predicted molar refractivity (Wildman–Crippen MR) is 180 cm³/mol. The largest absolute Gasteiger partial charge is 0.478 e. The van der Waals surface area contributed by atoms with E-state index in [2.05, 4.69) is 5.32 Å². The van der Waals surface area contributed by atoms with Crippen molar-refractivity contribution in [2.24, 2.45) is 0 Å². The fourth-order valence-electron chi connectivity index (χ4n) is 5.50. The maximum atomic E-state index is 12.3. The molecule has 1 aliphatic heterocycles. The first-order valence-corrected chi connectivity index (χ1v) is 16.7. The summed E-state index contributed by atoms with van der Waals surface area (Å²) in [6.07, 6.45) is -0.0446. The fourth-order valence-corrected chi connectivity index (χ4v) is 6.56. The van der Waals surface area contributed by atoms with E-state index in [-0.39, 0.29) is 43.1 Å². The number of carboxylic acid groups (broad SMARTS) is 1. The molecule has 1 heterocycles. The van der Waals surface area contributed by atoms with Gasteiger partial charge in [0.1, 0.15) is 0 Å². The van der Waals surface area contributed by atoms with Crippen LogP contribution >= 0.6 is 11.8 Å². The van der Waals surface area contributed by atoms with Crippen LogP contribution in [0.5, 0.6) is 0 Å². The van der Waals surface area contributed by atoms with Crippen molar-refractivity contribution in [3.05, 3.63) is 125 Å². The number of carbonyl (C=O) groups excluding carboxylic acids is 2. The number of aromatic carboxylic acids is 1. The van der Waals surface area contributed by atoms with Gasteiger partial charge < -0.3 is 25.0 Å². The molecule has 4 aromatic rings. The second-order valence-corrected chi connectivity index (χ2v) is 12.5. The molecule has 48 heavy (non-hydrogen) atoms. The van der Waals surface area contributed by atoms with Gasteiger partial charge in [-0.25, -0.2) is 10.3 Å². The molecule has 4 aromatic carbocycles. The zero-order valence-corrected chi connectivity index (χ0v) is 27.0. The van der Waals surface area contributed by atoms with E-state index >= 15 is 0 Å². The Morgan fingerprint density at radius 3 is 2.23 bits per heavy atom. The maximum absolute atomic E-state index is 12.3. The van der Waals surface area contributed by atoms with E-state index < -0.39 is 18.2 Å². The summed E-state index contributed by atoms with van der Waals surface area (Å²) in [4.78, 5) is 36.0. The predicted octanol–water partition coefficient (Wildman–Crippen LogP) is 6.17. The van der Waals surface area contributed by atoms with E-state index in [0.717, 1.165) is 33.4 Å². The van der Waals surface area contributed by atoms with Crippen molar-refractivity contribution in [1.29, 1.82) is 0 Å². The molecular formula is C37H38N2O8S. The van der Waals surface area contributed by atoms with Gasteiger partial charge >= 0.3 is 5.97 Å². The highest BCUT2D eigenvalue weighted by molar-refractivity contribution is 7.99. The monoisotopic (exact) mass is 670 g/mol. The second kappa shape index (κ2) is 17.0. The lowest BCUT2D eigenvalue weighted by atomic mass is 9.97. The fraction of sp³-hybridized carbons (Fsp3) is 0.270. The summed E-state index contributed by atoms with van der Waals surface area (Å²) < 4.78 is 13.0. The zero-order valence-electron chi connectivity index (χ0n) is 26.2. The molecule has 1 saturated heterocycles. The molecule has 3 atom stereocenters. The van der Waals surface area contributed by atoms with Crippen LogP contribution in [0.15, 0.2) is 102 Å². The molecule has 10 nitrogen and oxygen atoms in total. The molecule has 5 N–H and O–H groups in total. The first-order valence-electron chi connectivity index (χ1n) is 15.7. The number of carbonyl (C=O) groups is 3. The van der Waals surface area contributed by atoms with Crippen molar-refractivity contribution >= 4 is 29.5 Å². The highest BCUT2D eigenvalue weighted by atomic mass is 32.2. The molecule has 1 fully saturated rings. The van der Waals surface area contributed by atoms with Gasteiger partial charge in [0.2, 0.25) is 11.8 Å². The minimum Gasteiger partial charge on any atom is -0.478 e. The summed E-state index contributed by atoms with van der Waals surface area (Å²) >= 11 is 1.44. The topological polar surface area (TPSA) is 154 Å². The summed E-state index contributed by atoms with van der Waals surface area (Å²) in [5.41, 5.74) is 7.26. The lowest BCUT2D eigenvalue weighted by molar-refractivity contribution is -0.245. The number of thioether (sulfide) groups is 1. The molecule has 0 aliphatic carbocycles.